The van der Waals surface area contributed by atoms with Gasteiger partial charge in [0.25, 0.3) is 0 Å². The molecule has 0 saturated carbocycles. The topological polar surface area (TPSA) is 22.1 Å². The second-order valence-electron chi connectivity index (χ2n) is 5.96. The molecule has 0 unspecified atom stereocenters. The smallest absolute Gasteiger partial charge is 0.219 e. The summed E-state index contributed by atoms with van der Waals surface area (Å²) in [6.07, 6.45) is 1.87. The van der Waals surface area contributed by atoms with Crippen molar-refractivity contribution in [2.75, 3.05) is 0 Å². The summed E-state index contributed by atoms with van der Waals surface area (Å²) in [5.74, 6) is 1.45. The Hall–Kier alpha value is -2.87. The molecule has 0 saturated heterocycles. The van der Waals surface area contributed by atoms with Gasteiger partial charge in [-0.05, 0) is 53.3 Å². The molecule has 0 N–H and O–H groups in total. The average molecular weight is 299 g/mol. The molecule has 0 atom stereocenters. The van der Waals surface area contributed by atoms with Crippen LogP contribution in [0.5, 0.6) is 11.6 Å². The van der Waals surface area contributed by atoms with Gasteiger partial charge >= 0.3 is 0 Å². The number of pyridine rings is 1. The molecule has 0 radical (unpaired) electrons. The first-order valence-corrected chi connectivity index (χ1v) is 7.73. The molecule has 0 spiro atoms. The summed E-state index contributed by atoms with van der Waals surface area (Å²) in [5, 5.41) is 4.73. The van der Waals surface area contributed by atoms with Crippen LogP contribution in [0.1, 0.15) is 11.1 Å². The number of rotatable bonds is 2. The molecule has 0 aliphatic heterocycles. The fourth-order valence-corrected chi connectivity index (χ4v) is 3.05. The van der Waals surface area contributed by atoms with Crippen molar-refractivity contribution in [1.82, 2.24) is 4.98 Å². The molecule has 4 rings (SSSR count). The average Bonchev–Trinajstić information content (AvgIpc) is 2.54. The third kappa shape index (κ3) is 2.64. The van der Waals surface area contributed by atoms with Gasteiger partial charge in [0.15, 0.2) is 0 Å². The Morgan fingerprint density at radius 2 is 1.48 bits per heavy atom. The predicted molar refractivity (Wildman–Crippen MR) is 95.2 cm³/mol. The van der Waals surface area contributed by atoms with E-state index in [4.69, 9.17) is 4.74 Å². The van der Waals surface area contributed by atoms with Crippen molar-refractivity contribution < 1.29 is 4.74 Å². The summed E-state index contributed by atoms with van der Waals surface area (Å²) in [7, 11) is 0. The van der Waals surface area contributed by atoms with Crippen molar-refractivity contribution in [2.24, 2.45) is 0 Å². The van der Waals surface area contributed by atoms with Gasteiger partial charge in [-0.15, -0.1) is 0 Å². The van der Waals surface area contributed by atoms with E-state index in [-0.39, 0.29) is 0 Å². The second kappa shape index (κ2) is 5.40. The largest absolute Gasteiger partial charge is 0.439 e. The Balaban J connectivity index is 1.83. The summed E-state index contributed by atoms with van der Waals surface area (Å²) in [5.41, 5.74) is 2.37. The third-order valence-corrected chi connectivity index (χ3v) is 4.02. The lowest BCUT2D eigenvalue weighted by Gasteiger charge is -2.09. The van der Waals surface area contributed by atoms with E-state index in [1.807, 2.05) is 24.4 Å². The van der Waals surface area contributed by atoms with E-state index in [0.717, 1.165) is 16.5 Å². The number of benzene rings is 3. The zero-order chi connectivity index (χ0) is 15.8. The van der Waals surface area contributed by atoms with Gasteiger partial charge in [0.1, 0.15) is 5.75 Å². The molecule has 0 amide bonds. The molecule has 1 aromatic heterocycles. The number of aromatic nitrogens is 1. The van der Waals surface area contributed by atoms with Crippen LogP contribution in [0.4, 0.5) is 0 Å². The van der Waals surface area contributed by atoms with Crippen LogP contribution < -0.4 is 4.74 Å². The van der Waals surface area contributed by atoms with Crippen LogP contribution in [0.3, 0.4) is 0 Å². The van der Waals surface area contributed by atoms with E-state index < -0.39 is 0 Å². The maximum atomic E-state index is 5.99. The maximum Gasteiger partial charge on any atom is 0.219 e. The monoisotopic (exact) mass is 299 g/mol. The van der Waals surface area contributed by atoms with Crippen LogP contribution in [0.2, 0.25) is 0 Å². The van der Waals surface area contributed by atoms with Crippen molar-refractivity contribution in [3.63, 3.8) is 0 Å². The van der Waals surface area contributed by atoms with Gasteiger partial charge in [-0.25, -0.2) is 4.98 Å². The first kappa shape index (κ1) is 13.8. The minimum Gasteiger partial charge on any atom is -0.439 e. The van der Waals surface area contributed by atoms with Gasteiger partial charge in [0.05, 0.1) is 0 Å². The minimum absolute atomic E-state index is 0.624. The quantitative estimate of drug-likeness (QED) is 0.437. The van der Waals surface area contributed by atoms with E-state index in [1.165, 1.54) is 21.9 Å². The summed E-state index contributed by atoms with van der Waals surface area (Å²) < 4.78 is 5.99. The molecule has 3 aromatic carbocycles. The van der Waals surface area contributed by atoms with Crippen molar-refractivity contribution >= 4 is 21.5 Å². The molecule has 23 heavy (non-hydrogen) atoms. The Bertz CT molecular complexity index is 1000. The fourth-order valence-electron chi connectivity index (χ4n) is 3.05. The number of nitrogens with zero attached hydrogens (tertiary/aromatic N) is 1. The van der Waals surface area contributed by atoms with Crippen molar-refractivity contribution in [2.45, 2.75) is 13.8 Å². The third-order valence-electron chi connectivity index (χ3n) is 4.02. The van der Waals surface area contributed by atoms with Crippen LogP contribution in [-0.4, -0.2) is 4.98 Å². The normalized spacial score (nSPS) is 11.0. The molecular formula is C21H17NO. The molecule has 0 aliphatic carbocycles. The van der Waals surface area contributed by atoms with Gasteiger partial charge in [-0.2, -0.15) is 0 Å². The summed E-state index contributed by atoms with van der Waals surface area (Å²) in [6.45, 7) is 4.14. The van der Waals surface area contributed by atoms with Crippen molar-refractivity contribution in [1.29, 1.82) is 0 Å². The number of hydrogen-bond acceptors (Lipinski definition) is 2. The SMILES string of the molecule is Cc1cc(C)cc(Oc2cc3c(ccc4ccccc43)cn2)c1. The van der Waals surface area contributed by atoms with E-state index >= 15 is 0 Å². The van der Waals surface area contributed by atoms with E-state index in [9.17, 15) is 0 Å². The molecule has 2 nitrogen and oxygen atoms in total. The summed E-state index contributed by atoms with van der Waals surface area (Å²) in [6, 6.07) is 20.8. The molecule has 112 valence electrons. The standard InChI is InChI=1S/C21H17NO/c1-14-9-15(2)11-18(10-14)23-21-12-20-17(13-22-21)8-7-16-5-3-4-6-19(16)20/h3-13H,1-2H3. The fraction of sp³-hybridized carbons (Fsp3) is 0.0952. The summed E-state index contributed by atoms with van der Waals surface area (Å²) in [4.78, 5) is 4.45. The molecule has 0 fully saturated rings. The Labute approximate surface area is 135 Å². The Morgan fingerprint density at radius 3 is 2.30 bits per heavy atom. The van der Waals surface area contributed by atoms with Crippen LogP contribution in [-0.2, 0) is 0 Å². The van der Waals surface area contributed by atoms with Gasteiger partial charge in [-0.1, -0.05) is 42.5 Å². The molecule has 0 bridgehead atoms. The number of fused-ring (bicyclic) bond motifs is 3. The van der Waals surface area contributed by atoms with Crippen LogP contribution >= 0.6 is 0 Å². The highest BCUT2D eigenvalue weighted by Crippen LogP contribution is 2.29. The lowest BCUT2D eigenvalue weighted by atomic mass is 10.0. The van der Waals surface area contributed by atoms with Crippen LogP contribution in [0.15, 0.2) is 66.9 Å². The molecule has 1 heterocycles. The minimum atomic E-state index is 0.624. The van der Waals surface area contributed by atoms with Gasteiger partial charge in [0.2, 0.25) is 5.88 Å². The van der Waals surface area contributed by atoms with Crippen LogP contribution in [0, 0.1) is 13.8 Å². The highest BCUT2D eigenvalue weighted by atomic mass is 16.5. The van der Waals surface area contributed by atoms with Crippen LogP contribution in [0.25, 0.3) is 21.5 Å². The first-order valence-electron chi connectivity index (χ1n) is 7.73. The second-order valence-corrected chi connectivity index (χ2v) is 5.96. The van der Waals surface area contributed by atoms with Gasteiger partial charge in [0, 0.05) is 17.6 Å². The lowest BCUT2D eigenvalue weighted by Crippen LogP contribution is -1.90. The van der Waals surface area contributed by atoms with Gasteiger partial charge < -0.3 is 4.74 Å². The van der Waals surface area contributed by atoms with E-state index in [1.54, 1.807) is 0 Å². The predicted octanol–water partition coefficient (Wildman–Crippen LogP) is 5.80. The van der Waals surface area contributed by atoms with E-state index in [0.29, 0.717) is 5.88 Å². The van der Waals surface area contributed by atoms with E-state index in [2.05, 4.69) is 61.3 Å². The molecular weight excluding hydrogens is 282 g/mol. The Kier molecular flexibility index (Phi) is 3.23. The lowest BCUT2D eigenvalue weighted by molar-refractivity contribution is 0.463. The molecule has 0 aliphatic rings. The number of ether oxygens (including phenoxy) is 1. The Morgan fingerprint density at radius 1 is 0.739 bits per heavy atom. The molecule has 4 aromatic rings. The summed E-state index contributed by atoms with van der Waals surface area (Å²) >= 11 is 0. The van der Waals surface area contributed by atoms with Gasteiger partial charge in [-0.3, -0.25) is 0 Å². The highest BCUT2D eigenvalue weighted by molar-refractivity contribution is 6.07. The zero-order valence-corrected chi connectivity index (χ0v) is 13.2. The zero-order valence-electron chi connectivity index (χ0n) is 13.2. The highest BCUT2D eigenvalue weighted by Gasteiger charge is 2.05. The molecule has 2 heteroatoms. The van der Waals surface area contributed by atoms with Crippen molar-refractivity contribution in [3.05, 3.63) is 78.0 Å². The number of aryl methyl sites for hydroxylation is 2. The maximum absolute atomic E-state index is 5.99. The number of hydrogen-bond donors (Lipinski definition) is 0. The van der Waals surface area contributed by atoms with Crippen molar-refractivity contribution in [3.8, 4) is 11.6 Å². The first-order chi connectivity index (χ1) is 11.2.